The summed E-state index contributed by atoms with van der Waals surface area (Å²) in [6.07, 6.45) is -0.662. The Balaban J connectivity index is 1.39. The van der Waals surface area contributed by atoms with Gasteiger partial charge in [-0.2, -0.15) is 0 Å². The number of anilines is 3. The van der Waals surface area contributed by atoms with Crippen LogP contribution >= 0.6 is 23.1 Å². The highest BCUT2D eigenvalue weighted by Crippen LogP contribution is 2.21. The molecule has 0 spiro atoms. The normalized spacial score (nSPS) is 11.3. The van der Waals surface area contributed by atoms with Crippen molar-refractivity contribution in [1.82, 2.24) is 4.98 Å². The molecule has 0 aliphatic rings. The lowest BCUT2D eigenvalue weighted by Crippen LogP contribution is -2.30. The van der Waals surface area contributed by atoms with Crippen LogP contribution in [0.3, 0.4) is 0 Å². The molecule has 8 nitrogen and oxygen atoms in total. The fourth-order valence-corrected chi connectivity index (χ4v) is 4.22. The van der Waals surface area contributed by atoms with E-state index in [9.17, 15) is 14.4 Å². The van der Waals surface area contributed by atoms with E-state index in [0.29, 0.717) is 28.0 Å². The molecule has 0 saturated carbocycles. The molecule has 3 amide bonds. The van der Waals surface area contributed by atoms with Gasteiger partial charge in [-0.15, -0.1) is 23.1 Å². The fraction of sp³-hybridized carbons (Fsp3) is 0.217. The van der Waals surface area contributed by atoms with Crippen LogP contribution in [0.25, 0.3) is 0 Å². The van der Waals surface area contributed by atoms with E-state index in [1.165, 1.54) is 30.0 Å². The van der Waals surface area contributed by atoms with Crippen molar-refractivity contribution in [3.63, 3.8) is 0 Å². The number of hydrogen-bond acceptors (Lipinski definition) is 7. The number of ether oxygens (including phenoxy) is 1. The van der Waals surface area contributed by atoms with Crippen LogP contribution in [0.1, 0.15) is 19.5 Å². The highest BCUT2D eigenvalue weighted by Gasteiger charge is 2.16. The summed E-state index contributed by atoms with van der Waals surface area (Å²) in [6, 6.07) is 16.0. The second-order valence-electron chi connectivity index (χ2n) is 7.01. The zero-order chi connectivity index (χ0) is 23.6. The maximum absolute atomic E-state index is 12.3. The molecule has 1 aromatic heterocycles. The molecule has 0 fully saturated rings. The van der Waals surface area contributed by atoms with Crippen LogP contribution in [-0.4, -0.2) is 34.6 Å². The Morgan fingerprint density at radius 2 is 1.67 bits per heavy atom. The van der Waals surface area contributed by atoms with Crippen molar-refractivity contribution in [2.24, 2.45) is 0 Å². The predicted molar refractivity (Wildman–Crippen MR) is 133 cm³/mol. The molecular formula is C23H24N4O4S2. The van der Waals surface area contributed by atoms with Gasteiger partial charge in [0.25, 0.3) is 5.91 Å². The zero-order valence-corrected chi connectivity index (χ0v) is 19.8. The Labute approximate surface area is 200 Å². The van der Waals surface area contributed by atoms with E-state index in [0.717, 1.165) is 5.69 Å². The third-order valence-corrected chi connectivity index (χ3v) is 5.95. The number of benzene rings is 2. The van der Waals surface area contributed by atoms with Crippen molar-refractivity contribution in [2.45, 2.75) is 25.7 Å². The Kier molecular flexibility index (Phi) is 8.85. The maximum atomic E-state index is 12.3. The second kappa shape index (κ2) is 12.0. The zero-order valence-electron chi connectivity index (χ0n) is 18.2. The molecular weight excluding hydrogens is 460 g/mol. The summed E-state index contributed by atoms with van der Waals surface area (Å²) in [5, 5.41) is 10.6. The molecule has 1 atom stereocenters. The minimum absolute atomic E-state index is 0.136. The molecule has 3 aromatic rings. The van der Waals surface area contributed by atoms with E-state index in [2.05, 4.69) is 20.9 Å². The number of aromatic nitrogens is 1. The monoisotopic (exact) mass is 484 g/mol. The average Bonchev–Trinajstić information content (AvgIpc) is 3.22. The number of nitrogens with one attached hydrogen (secondary N) is 3. The van der Waals surface area contributed by atoms with Gasteiger partial charge in [0.15, 0.2) is 11.2 Å². The van der Waals surface area contributed by atoms with Gasteiger partial charge in [0.2, 0.25) is 11.8 Å². The largest absolute Gasteiger partial charge is 0.481 e. The van der Waals surface area contributed by atoms with Gasteiger partial charge in [-0.1, -0.05) is 18.2 Å². The van der Waals surface area contributed by atoms with E-state index in [1.807, 2.05) is 23.6 Å². The summed E-state index contributed by atoms with van der Waals surface area (Å²) in [5.41, 5.74) is 2.10. The molecule has 33 heavy (non-hydrogen) atoms. The number of thiazole rings is 1. The van der Waals surface area contributed by atoms with Crippen LogP contribution in [0.2, 0.25) is 0 Å². The molecule has 1 unspecified atom stereocenters. The van der Waals surface area contributed by atoms with Crippen LogP contribution in [0.5, 0.6) is 5.75 Å². The predicted octanol–water partition coefficient (Wildman–Crippen LogP) is 4.38. The average molecular weight is 485 g/mol. The molecule has 0 aliphatic heterocycles. The number of carbonyl (C=O) groups is 3. The number of amides is 3. The molecule has 10 heteroatoms. The van der Waals surface area contributed by atoms with Gasteiger partial charge < -0.3 is 15.4 Å². The lowest BCUT2D eigenvalue weighted by molar-refractivity contribution is -0.122. The first-order valence-corrected chi connectivity index (χ1v) is 12.1. The number of hydrogen-bond donors (Lipinski definition) is 3. The molecule has 3 N–H and O–H groups in total. The van der Waals surface area contributed by atoms with Crippen LogP contribution in [0.15, 0.2) is 60.0 Å². The van der Waals surface area contributed by atoms with Gasteiger partial charge in [0.1, 0.15) is 5.75 Å². The van der Waals surface area contributed by atoms with Gasteiger partial charge in [-0.05, 0) is 43.3 Å². The molecule has 1 heterocycles. The SMILES string of the molecule is CC(=O)Nc1ccc(NC(=O)CSCc2csc(NC(=O)C(C)Oc3ccccc3)n2)cc1. The quantitative estimate of drug-likeness (QED) is 0.394. The smallest absolute Gasteiger partial charge is 0.266 e. The molecule has 3 rings (SSSR count). The van der Waals surface area contributed by atoms with Crippen molar-refractivity contribution in [3.05, 3.63) is 65.7 Å². The first-order valence-electron chi connectivity index (χ1n) is 10.1. The van der Waals surface area contributed by atoms with E-state index in [-0.39, 0.29) is 23.5 Å². The highest BCUT2D eigenvalue weighted by atomic mass is 32.2. The Morgan fingerprint density at radius 3 is 2.33 bits per heavy atom. The van der Waals surface area contributed by atoms with Gasteiger partial charge >= 0.3 is 0 Å². The van der Waals surface area contributed by atoms with Gasteiger partial charge in [-0.25, -0.2) is 4.98 Å². The lowest BCUT2D eigenvalue weighted by Gasteiger charge is -2.13. The van der Waals surface area contributed by atoms with Crippen molar-refractivity contribution in [2.75, 3.05) is 21.7 Å². The van der Waals surface area contributed by atoms with Crippen molar-refractivity contribution < 1.29 is 19.1 Å². The molecule has 0 aliphatic carbocycles. The number of thioether (sulfide) groups is 1. The van der Waals surface area contributed by atoms with E-state index in [4.69, 9.17) is 4.74 Å². The Hall–Kier alpha value is -3.37. The van der Waals surface area contributed by atoms with Crippen LogP contribution < -0.4 is 20.7 Å². The molecule has 0 saturated heterocycles. The highest BCUT2D eigenvalue weighted by molar-refractivity contribution is 7.99. The summed E-state index contributed by atoms with van der Waals surface area (Å²) in [5.74, 6) is 0.854. The molecule has 0 radical (unpaired) electrons. The Morgan fingerprint density at radius 1 is 1.00 bits per heavy atom. The number of nitrogens with zero attached hydrogens (tertiary/aromatic N) is 1. The second-order valence-corrected chi connectivity index (χ2v) is 8.85. The van der Waals surface area contributed by atoms with Crippen molar-refractivity contribution in [1.29, 1.82) is 0 Å². The van der Waals surface area contributed by atoms with Gasteiger partial charge in [0.05, 0.1) is 11.4 Å². The first kappa shape index (κ1) is 24.3. The summed E-state index contributed by atoms with van der Waals surface area (Å²) in [4.78, 5) is 39.9. The minimum atomic E-state index is -0.662. The fourth-order valence-electron chi connectivity index (χ4n) is 2.68. The maximum Gasteiger partial charge on any atom is 0.266 e. The van der Waals surface area contributed by atoms with Crippen LogP contribution in [0, 0.1) is 0 Å². The van der Waals surface area contributed by atoms with Gasteiger partial charge in [0, 0.05) is 29.4 Å². The molecule has 172 valence electrons. The van der Waals surface area contributed by atoms with Crippen LogP contribution in [0.4, 0.5) is 16.5 Å². The summed E-state index contributed by atoms with van der Waals surface area (Å²) in [6.45, 7) is 3.12. The van der Waals surface area contributed by atoms with Crippen molar-refractivity contribution >= 4 is 57.3 Å². The summed E-state index contributed by atoms with van der Waals surface area (Å²) in [7, 11) is 0. The van der Waals surface area contributed by atoms with E-state index < -0.39 is 6.10 Å². The van der Waals surface area contributed by atoms with E-state index >= 15 is 0 Å². The lowest BCUT2D eigenvalue weighted by atomic mass is 10.3. The third kappa shape index (κ3) is 8.24. The van der Waals surface area contributed by atoms with Crippen LogP contribution in [-0.2, 0) is 20.1 Å². The third-order valence-electron chi connectivity index (χ3n) is 4.18. The van der Waals surface area contributed by atoms with E-state index in [1.54, 1.807) is 43.3 Å². The standard InChI is InChI=1S/C23H24N4O4S2/c1-15(31-20-6-4-3-5-7-20)22(30)27-23-26-19(13-33-23)12-32-14-21(29)25-18-10-8-17(9-11-18)24-16(2)28/h3-11,13,15H,12,14H2,1-2H3,(H,24,28)(H,25,29)(H,26,27,30). The molecule has 2 aromatic carbocycles. The van der Waals surface area contributed by atoms with Crippen molar-refractivity contribution in [3.8, 4) is 5.75 Å². The number of carbonyl (C=O) groups excluding carboxylic acids is 3. The number of rotatable bonds is 10. The molecule has 0 bridgehead atoms. The van der Waals surface area contributed by atoms with Gasteiger partial charge in [-0.3, -0.25) is 19.7 Å². The Bertz CT molecular complexity index is 1090. The first-order chi connectivity index (χ1) is 15.9. The number of para-hydroxylation sites is 1. The summed E-state index contributed by atoms with van der Waals surface area (Å²) >= 11 is 2.75. The topological polar surface area (TPSA) is 109 Å². The summed E-state index contributed by atoms with van der Waals surface area (Å²) < 4.78 is 5.62. The minimum Gasteiger partial charge on any atom is -0.481 e.